The van der Waals surface area contributed by atoms with Gasteiger partial charge in [0.15, 0.2) is 0 Å². The minimum absolute atomic E-state index is 0.190. The second kappa shape index (κ2) is 7.22. The number of carbonyl (C=O) groups excluding carboxylic acids is 1. The van der Waals surface area contributed by atoms with Crippen molar-refractivity contribution in [1.29, 1.82) is 0 Å². The third-order valence-corrected chi connectivity index (χ3v) is 4.08. The lowest BCUT2D eigenvalue weighted by Crippen LogP contribution is -2.42. The van der Waals surface area contributed by atoms with Gasteiger partial charge in [0.05, 0.1) is 16.3 Å². The van der Waals surface area contributed by atoms with E-state index in [-0.39, 0.29) is 18.0 Å². The average Bonchev–Trinajstić information content (AvgIpc) is 2.92. The van der Waals surface area contributed by atoms with Gasteiger partial charge in [-0.25, -0.2) is 10.9 Å². The van der Waals surface area contributed by atoms with Gasteiger partial charge in [0.2, 0.25) is 0 Å². The summed E-state index contributed by atoms with van der Waals surface area (Å²) in [6.07, 6.45) is 2.18. The Morgan fingerprint density at radius 1 is 1.38 bits per heavy atom. The Hall–Kier alpha value is -1.14. The lowest BCUT2D eigenvalue weighted by molar-refractivity contribution is -0.122. The highest BCUT2D eigenvalue weighted by Gasteiger charge is 2.30. The fraction of sp³-hybridized carbons (Fsp3) is 0.429. The average molecular weight is 329 g/mol. The Labute approximate surface area is 134 Å². The summed E-state index contributed by atoms with van der Waals surface area (Å²) in [6, 6.07) is 5.17. The smallest absolute Gasteiger partial charge is 0.258 e. The molecule has 0 bridgehead atoms. The molecule has 1 amide bonds. The fourth-order valence-electron chi connectivity index (χ4n) is 2.06. The van der Waals surface area contributed by atoms with E-state index in [4.69, 9.17) is 23.2 Å². The quantitative estimate of drug-likeness (QED) is 0.587. The maximum atomic E-state index is 12.0. The van der Waals surface area contributed by atoms with Crippen molar-refractivity contribution in [1.82, 2.24) is 16.3 Å². The third-order valence-electron chi connectivity index (χ3n) is 3.42. The van der Waals surface area contributed by atoms with E-state index in [9.17, 15) is 4.79 Å². The van der Waals surface area contributed by atoms with Gasteiger partial charge in [0, 0.05) is 11.6 Å². The van der Waals surface area contributed by atoms with Crippen molar-refractivity contribution in [3.05, 3.63) is 33.8 Å². The van der Waals surface area contributed by atoms with Crippen molar-refractivity contribution in [2.45, 2.75) is 32.4 Å². The molecule has 0 aromatic heterocycles. The number of amides is 1. The van der Waals surface area contributed by atoms with Crippen LogP contribution < -0.4 is 16.3 Å². The number of nitrogens with zero attached hydrogens (tertiary/aromatic N) is 1. The largest absolute Gasteiger partial charge is 0.271 e. The molecule has 2 rings (SSSR count). The zero-order chi connectivity index (χ0) is 15.4. The van der Waals surface area contributed by atoms with Crippen molar-refractivity contribution >= 4 is 35.3 Å². The van der Waals surface area contributed by atoms with Crippen LogP contribution in [0.4, 0.5) is 0 Å². The molecule has 1 aliphatic rings. The SMILES string of the molecule is CC(C)C1CC(C(=O)N/N=C/c2c(Cl)cccc2Cl)NN1. The van der Waals surface area contributed by atoms with Crippen LogP contribution in [0.25, 0.3) is 0 Å². The molecule has 0 radical (unpaired) electrons. The molecule has 114 valence electrons. The molecular weight excluding hydrogens is 311 g/mol. The van der Waals surface area contributed by atoms with E-state index < -0.39 is 0 Å². The highest BCUT2D eigenvalue weighted by atomic mass is 35.5. The van der Waals surface area contributed by atoms with Gasteiger partial charge in [-0.3, -0.25) is 10.2 Å². The first-order valence-electron chi connectivity index (χ1n) is 6.77. The second-order valence-electron chi connectivity index (χ2n) is 5.30. The normalized spacial score (nSPS) is 22.1. The monoisotopic (exact) mass is 328 g/mol. The zero-order valence-electron chi connectivity index (χ0n) is 11.9. The zero-order valence-corrected chi connectivity index (χ0v) is 13.4. The van der Waals surface area contributed by atoms with Gasteiger partial charge in [-0.05, 0) is 24.5 Å². The first-order valence-corrected chi connectivity index (χ1v) is 7.52. The fourth-order valence-corrected chi connectivity index (χ4v) is 2.56. The molecule has 0 aliphatic carbocycles. The molecule has 5 nitrogen and oxygen atoms in total. The summed E-state index contributed by atoms with van der Waals surface area (Å²) in [7, 11) is 0. The lowest BCUT2D eigenvalue weighted by Gasteiger charge is -2.12. The van der Waals surface area contributed by atoms with Crippen LogP contribution in [0.1, 0.15) is 25.8 Å². The summed E-state index contributed by atoms with van der Waals surface area (Å²) in [5.74, 6) is 0.269. The summed E-state index contributed by atoms with van der Waals surface area (Å²) in [5, 5.41) is 4.89. The predicted octanol–water partition coefficient (Wildman–Crippen LogP) is 2.33. The first-order chi connectivity index (χ1) is 9.99. The van der Waals surface area contributed by atoms with Gasteiger partial charge >= 0.3 is 0 Å². The summed E-state index contributed by atoms with van der Waals surface area (Å²) in [5.41, 5.74) is 9.16. The molecule has 0 spiro atoms. The van der Waals surface area contributed by atoms with E-state index in [0.29, 0.717) is 21.5 Å². The molecule has 1 fully saturated rings. The molecule has 0 saturated carbocycles. The molecule has 3 N–H and O–H groups in total. The number of carbonyl (C=O) groups is 1. The summed E-state index contributed by atoms with van der Waals surface area (Å²) in [4.78, 5) is 12.0. The van der Waals surface area contributed by atoms with E-state index >= 15 is 0 Å². The number of halogens is 2. The molecule has 7 heteroatoms. The highest BCUT2D eigenvalue weighted by molar-refractivity contribution is 6.38. The van der Waals surface area contributed by atoms with Crippen LogP contribution in [0, 0.1) is 5.92 Å². The Morgan fingerprint density at radius 3 is 2.62 bits per heavy atom. The van der Waals surface area contributed by atoms with E-state index in [1.807, 2.05) is 0 Å². The highest BCUT2D eigenvalue weighted by Crippen LogP contribution is 2.22. The lowest BCUT2D eigenvalue weighted by atomic mass is 9.99. The van der Waals surface area contributed by atoms with Crippen molar-refractivity contribution in [2.24, 2.45) is 11.0 Å². The van der Waals surface area contributed by atoms with E-state index in [1.54, 1.807) is 18.2 Å². The van der Waals surface area contributed by atoms with Gasteiger partial charge in [-0.2, -0.15) is 5.10 Å². The van der Waals surface area contributed by atoms with Gasteiger partial charge in [0.1, 0.15) is 6.04 Å². The van der Waals surface area contributed by atoms with Crippen LogP contribution in [0.3, 0.4) is 0 Å². The Bertz CT molecular complexity index is 528. The van der Waals surface area contributed by atoms with Gasteiger partial charge in [-0.15, -0.1) is 0 Å². The van der Waals surface area contributed by atoms with Crippen LogP contribution in [-0.2, 0) is 4.79 Å². The summed E-state index contributed by atoms with van der Waals surface area (Å²) < 4.78 is 0. The van der Waals surface area contributed by atoms with Crippen LogP contribution in [0.5, 0.6) is 0 Å². The summed E-state index contributed by atoms with van der Waals surface area (Å²) >= 11 is 12.0. The van der Waals surface area contributed by atoms with Crippen molar-refractivity contribution in [3.63, 3.8) is 0 Å². The first kappa shape index (κ1) is 16.2. The molecular formula is C14H18Cl2N4O. The van der Waals surface area contributed by atoms with Crippen molar-refractivity contribution in [3.8, 4) is 0 Å². The predicted molar refractivity (Wildman–Crippen MR) is 85.5 cm³/mol. The Morgan fingerprint density at radius 2 is 2.05 bits per heavy atom. The number of nitrogens with one attached hydrogen (secondary N) is 3. The number of hydrazone groups is 1. The molecule has 1 aromatic carbocycles. The van der Waals surface area contributed by atoms with E-state index in [1.165, 1.54) is 6.21 Å². The number of hydrogen-bond acceptors (Lipinski definition) is 4. The van der Waals surface area contributed by atoms with Crippen LogP contribution >= 0.6 is 23.2 Å². The number of hydrogen-bond donors (Lipinski definition) is 3. The standard InChI is InChI=1S/C14H18Cl2N4O/c1-8(2)12-6-13(19-18-12)14(21)20-17-7-9-10(15)4-3-5-11(9)16/h3-5,7-8,12-13,18-19H,6H2,1-2H3,(H,20,21)/b17-7+. The Kier molecular flexibility index (Phi) is 5.58. The number of hydrazine groups is 1. The molecule has 2 atom stereocenters. The van der Waals surface area contributed by atoms with Gasteiger partial charge < -0.3 is 0 Å². The molecule has 2 unspecified atom stereocenters. The third kappa shape index (κ3) is 4.17. The van der Waals surface area contributed by atoms with Crippen LogP contribution in [-0.4, -0.2) is 24.2 Å². The molecule has 1 heterocycles. The van der Waals surface area contributed by atoms with Crippen molar-refractivity contribution in [2.75, 3.05) is 0 Å². The van der Waals surface area contributed by atoms with E-state index in [0.717, 1.165) is 6.42 Å². The number of rotatable bonds is 4. The molecule has 21 heavy (non-hydrogen) atoms. The topological polar surface area (TPSA) is 65.5 Å². The van der Waals surface area contributed by atoms with E-state index in [2.05, 4.69) is 35.2 Å². The molecule has 1 aliphatic heterocycles. The van der Waals surface area contributed by atoms with Crippen molar-refractivity contribution < 1.29 is 4.79 Å². The van der Waals surface area contributed by atoms with Gasteiger partial charge in [0.25, 0.3) is 5.91 Å². The second-order valence-corrected chi connectivity index (χ2v) is 6.11. The molecule has 1 saturated heterocycles. The molecule has 1 aromatic rings. The minimum atomic E-state index is -0.295. The number of benzene rings is 1. The summed E-state index contributed by atoms with van der Waals surface area (Å²) in [6.45, 7) is 4.22. The maximum Gasteiger partial charge on any atom is 0.258 e. The maximum absolute atomic E-state index is 12.0. The van der Waals surface area contributed by atoms with Crippen LogP contribution in [0.15, 0.2) is 23.3 Å². The minimum Gasteiger partial charge on any atom is -0.271 e. The van der Waals surface area contributed by atoms with Crippen LogP contribution in [0.2, 0.25) is 10.0 Å². The van der Waals surface area contributed by atoms with Gasteiger partial charge in [-0.1, -0.05) is 43.1 Å². The Balaban J connectivity index is 1.91.